The third-order valence-corrected chi connectivity index (χ3v) is 12.4. The van der Waals surface area contributed by atoms with E-state index in [9.17, 15) is 24.3 Å². The molecule has 2 amide bonds. The van der Waals surface area contributed by atoms with Gasteiger partial charge in [-0.05, 0) is 88.7 Å². The van der Waals surface area contributed by atoms with E-state index in [4.69, 9.17) is 37.9 Å². The number of carbonyl (C=O) groups is 4. The van der Waals surface area contributed by atoms with Crippen molar-refractivity contribution in [1.29, 1.82) is 5.26 Å². The predicted molar refractivity (Wildman–Crippen MR) is 226 cm³/mol. The lowest BCUT2D eigenvalue weighted by Crippen LogP contribution is -2.56. The van der Waals surface area contributed by atoms with Gasteiger partial charge in [0.2, 0.25) is 11.8 Å². The molecule has 0 saturated heterocycles. The van der Waals surface area contributed by atoms with Crippen LogP contribution >= 0.6 is 23.2 Å². The molecule has 5 aromatic rings. The van der Waals surface area contributed by atoms with Crippen molar-refractivity contribution in [2.45, 2.75) is 76.3 Å². The first-order valence-corrected chi connectivity index (χ1v) is 20.7. The topological polar surface area (TPSA) is 146 Å². The molecule has 1 aliphatic carbocycles. The number of Topliss-reactive ketones (excluding diaryl/α,β-unsaturated/α-hetero) is 1. The Morgan fingerprint density at radius 2 is 1.53 bits per heavy atom. The smallest absolute Gasteiger partial charge is 0.326 e. The molecular formula is C48H41Cl2N3O7. The molecule has 8 rings (SSSR count). The minimum absolute atomic E-state index is 0.0389. The van der Waals surface area contributed by atoms with E-state index in [1.54, 1.807) is 53.4 Å². The number of hydrogen-bond donors (Lipinski definition) is 2. The Kier molecular flexibility index (Phi) is 11.9. The fourth-order valence-electron chi connectivity index (χ4n) is 8.32. The molecule has 0 radical (unpaired) electrons. The summed E-state index contributed by atoms with van der Waals surface area (Å²) in [6.45, 7) is 0.436. The third-order valence-electron chi connectivity index (χ3n) is 11.6. The molecular weight excluding hydrogens is 801 g/mol. The van der Waals surface area contributed by atoms with Crippen molar-refractivity contribution in [3.63, 3.8) is 0 Å². The summed E-state index contributed by atoms with van der Waals surface area (Å²) >= 11 is 12.2. The number of nitriles is 1. The second-order valence-corrected chi connectivity index (χ2v) is 16.4. The van der Waals surface area contributed by atoms with E-state index in [0.29, 0.717) is 43.8 Å². The van der Waals surface area contributed by atoms with Gasteiger partial charge in [-0.1, -0.05) is 96.7 Å². The van der Waals surface area contributed by atoms with Crippen molar-refractivity contribution in [2.75, 3.05) is 0 Å². The maximum atomic E-state index is 14.1. The van der Waals surface area contributed by atoms with Crippen molar-refractivity contribution in [1.82, 2.24) is 10.2 Å². The summed E-state index contributed by atoms with van der Waals surface area (Å²) in [4.78, 5) is 55.9. The maximum Gasteiger partial charge on any atom is 0.326 e. The van der Waals surface area contributed by atoms with Crippen LogP contribution in [0.2, 0.25) is 10.0 Å². The van der Waals surface area contributed by atoms with Crippen LogP contribution in [0, 0.1) is 17.2 Å². The van der Waals surface area contributed by atoms with Gasteiger partial charge < -0.3 is 24.8 Å². The summed E-state index contributed by atoms with van der Waals surface area (Å²) in [7, 11) is 0. The summed E-state index contributed by atoms with van der Waals surface area (Å²) in [5.74, 6) is -1.01. The molecule has 0 aromatic heterocycles. The molecule has 5 aromatic carbocycles. The molecule has 60 heavy (non-hydrogen) atoms. The van der Waals surface area contributed by atoms with Crippen molar-refractivity contribution in [3.8, 4) is 28.7 Å². The first-order valence-electron chi connectivity index (χ1n) is 20.0. The number of benzene rings is 5. The highest BCUT2D eigenvalue weighted by Crippen LogP contribution is 2.39. The molecule has 2 N–H and O–H groups in total. The van der Waals surface area contributed by atoms with Crippen LogP contribution in [0.3, 0.4) is 0 Å². The average Bonchev–Trinajstić information content (AvgIpc) is 3.81. The van der Waals surface area contributed by atoms with Crippen LogP contribution in [0.1, 0.15) is 70.7 Å². The van der Waals surface area contributed by atoms with E-state index in [0.717, 1.165) is 53.5 Å². The number of hydrogen-bond acceptors (Lipinski definition) is 7. The quantitative estimate of drug-likeness (QED) is 0.135. The lowest BCUT2D eigenvalue weighted by atomic mass is 9.87. The fourth-order valence-corrected chi connectivity index (χ4v) is 8.64. The van der Waals surface area contributed by atoms with Crippen LogP contribution in [0.5, 0.6) is 11.5 Å². The van der Waals surface area contributed by atoms with Crippen LogP contribution in [0.4, 0.5) is 0 Å². The molecule has 2 aliphatic heterocycles. The highest BCUT2D eigenvalue weighted by Gasteiger charge is 2.40. The number of ketones is 1. The SMILES string of the molecule is N#Cc1ccc(-c2ccc(C[C@H](NC(=O)[C@@H]3Cc4cc5c(cc4CN3C(=O)C3CCCC3)OC(c3ccc(OCc4ccc(Cl)c(Cl)c4)cc3)C(=O)C5)C(=O)O)cc2)cc1. The van der Waals surface area contributed by atoms with E-state index in [-0.39, 0.29) is 50.0 Å². The standard InChI is InChI=1S/C48H41Cl2N3O7/c49-39-18-9-30(19-40(39)50)27-59-38-16-14-33(15-17-38)45-43(54)23-36-21-35-22-42(53(26-37(35)24-44(36)60-45)47(56)34-3-1-2-4-34)46(55)52-41(48(57)58)20-28-5-10-31(11-6-28)32-12-7-29(25-51)8-13-32/h5-19,21,24,34,41-42,45H,1-4,20,22-23,26-27H2,(H,52,55)(H,57,58)/t41-,42-,45?/m0/s1. The Balaban J connectivity index is 0.974. The molecule has 0 spiro atoms. The highest BCUT2D eigenvalue weighted by molar-refractivity contribution is 6.42. The molecule has 10 nitrogen and oxygen atoms in total. The zero-order valence-corrected chi connectivity index (χ0v) is 34.0. The minimum atomic E-state index is -1.24. The largest absolute Gasteiger partial charge is 0.489 e. The number of halogens is 2. The molecule has 0 bridgehead atoms. The number of ether oxygens (including phenoxy) is 2. The molecule has 12 heteroatoms. The van der Waals surface area contributed by atoms with Crippen LogP contribution in [-0.2, 0) is 51.6 Å². The van der Waals surface area contributed by atoms with Gasteiger partial charge in [0, 0.05) is 42.9 Å². The normalized spacial score (nSPS) is 17.8. The number of carboxylic acid groups (broad SMARTS) is 1. The number of nitrogens with one attached hydrogen (secondary N) is 1. The van der Waals surface area contributed by atoms with E-state index in [2.05, 4.69) is 11.4 Å². The Morgan fingerprint density at radius 1 is 0.850 bits per heavy atom. The van der Waals surface area contributed by atoms with Crippen molar-refractivity contribution in [2.24, 2.45) is 5.92 Å². The molecule has 1 unspecified atom stereocenters. The van der Waals surface area contributed by atoms with E-state index >= 15 is 0 Å². The molecule has 1 fully saturated rings. The lowest BCUT2D eigenvalue weighted by molar-refractivity contribution is -0.147. The lowest BCUT2D eigenvalue weighted by Gasteiger charge is -2.39. The fraction of sp³-hybridized carbons (Fsp3) is 0.271. The number of carboxylic acids is 1. The summed E-state index contributed by atoms with van der Waals surface area (Å²) in [6.07, 6.45) is 2.84. The van der Waals surface area contributed by atoms with E-state index in [1.807, 2.05) is 54.6 Å². The van der Waals surface area contributed by atoms with Gasteiger partial charge >= 0.3 is 5.97 Å². The van der Waals surface area contributed by atoms with Gasteiger partial charge in [-0.25, -0.2) is 4.79 Å². The van der Waals surface area contributed by atoms with E-state index < -0.39 is 30.1 Å². The summed E-state index contributed by atoms with van der Waals surface area (Å²) < 4.78 is 12.3. The molecule has 3 atom stereocenters. The number of rotatable bonds is 11. The summed E-state index contributed by atoms with van der Waals surface area (Å²) in [5, 5.41) is 23.0. The van der Waals surface area contributed by atoms with Crippen LogP contribution in [0.25, 0.3) is 11.1 Å². The Labute approximate surface area is 357 Å². The minimum Gasteiger partial charge on any atom is -0.489 e. The van der Waals surface area contributed by atoms with Crippen LogP contribution in [-0.4, -0.2) is 45.7 Å². The number of carbonyl (C=O) groups excluding carboxylic acids is 3. The van der Waals surface area contributed by atoms with Crippen molar-refractivity contribution in [3.05, 3.63) is 152 Å². The zero-order valence-electron chi connectivity index (χ0n) is 32.5. The summed E-state index contributed by atoms with van der Waals surface area (Å²) in [5.41, 5.74) is 6.96. The van der Waals surface area contributed by atoms with Gasteiger partial charge in [-0.15, -0.1) is 0 Å². The van der Waals surface area contributed by atoms with Gasteiger partial charge in [0.15, 0.2) is 11.9 Å². The van der Waals surface area contributed by atoms with Gasteiger partial charge in [-0.2, -0.15) is 5.26 Å². The van der Waals surface area contributed by atoms with Gasteiger partial charge in [-0.3, -0.25) is 14.4 Å². The Morgan fingerprint density at radius 3 is 2.20 bits per heavy atom. The number of nitrogens with zero attached hydrogens (tertiary/aromatic N) is 2. The van der Waals surface area contributed by atoms with Crippen LogP contribution < -0.4 is 14.8 Å². The average molecular weight is 843 g/mol. The maximum absolute atomic E-state index is 14.1. The highest BCUT2D eigenvalue weighted by atomic mass is 35.5. The molecule has 2 heterocycles. The second kappa shape index (κ2) is 17.6. The van der Waals surface area contributed by atoms with Crippen molar-refractivity contribution >= 4 is 46.8 Å². The second-order valence-electron chi connectivity index (χ2n) is 15.6. The predicted octanol–water partition coefficient (Wildman–Crippen LogP) is 8.61. The molecule has 304 valence electrons. The van der Waals surface area contributed by atoms with Gasteiger partial charge in [0.25, 0.3) is 0 Å². The number of aliphatic carboxylic acids is 1. The Bertz CT molecular complexity index is 2490. The third kappa shape index (κ3) is 8.88. The zero-order chi connectivity index (χ0) is 41.9. The molecule has 3 aliphatic rings. The Hall–Kier alpha value is -6.15. The number of fused-ring (bicyclic) bond motifs is 2. The van der Waals surface area contributed by atoms with Gasteiger partial charge in [0.05, 0.1) is 21.7 Å². The molecule has 1 saturated carbocycles. The van der Waals surface area contributed by atoms with Crippen LogP contribution in [0.15, 0.2) is 103 Å². The van der Waals surface area contributed by atoms with Gasteiger partial charge in [0.1, 0.15) is 30.2 Å². The van der Waals surface area contributed by atoms with Crippen molar-refractivity contribution < 1.29 is 33.8 Å². The first-order chi connectivity index (χ1) is 29.0. The summed E-state index contributed by atoms with van der Waals surface area (Å²) in [6, 6.07) is 30.8. The first kappa shape index (κ1) is 40.6. The van der Waals surface area contributed by atoms with E-state index in [1.165, 1.54) is 0 Å². The monoisotopic (exact) mass is 841 g/mol. The number of amides is 2.